The van der Waals surface area contributed by atoms with Crippen LogP contribution in [0.1, 0.15) is 24.2 Å². The lowest BCUT2D eigenvalue weighted by atomic mass is 10.2. The van der Waals surface area contributed by atoms with Gasteiger partial charge in [0.1, 0.15) is 0 Å². The highest BCUT2D eigenvalue weighted by molar-refractivity contribution is 6.45. The Balaban J connectivity index is 2.44. The Morgan fingerprint density at radius 2 is 2.06 bits per heavy atom. The van der Waals surface area contributed by atoms with E-state index in [0.29, 0.717) is 17.5 Å². The van der Waals surface area contributed by atoms with Gasteiger partial charge in [-0.25, -0.2) is 4.79 Å². The van der Waals surface area contributed by atoms with Crippen molar-refractivity contribution in [3.05, 3.63) is 41.1 Å². The largest absolute Gasteiger partial charge is 0.466 e. The van der Waals surface area contributed by atoms with Crippen LogP contribution in [0, 0.1) is 0 Å². The molecule has 1 rings (SSSR count). The van der Waals surface area contributed by atoms with Crippen LogP contribution in [-0.4, -0.2) is 21.7 Å². The number of carbonyl (C=O) groups is 1. The molecular formula is C12H17NO2Si. The Hall–Kier alpha value is -1.55. The molecule has 0 bridgehead atoms. The normalized spacial score (nSPS) is 12.0. The lowest BCUT2D eigenvalue weighted by Gasteiger charge is -2.04. The van der Waals surface area contributed by atoms with Crippen molar-refractivity contribution in [1.29, 1.82) is 0 Å². The maximum absolute atomic E-state index is 11.6. The van der Waals surface area contributed by atoms with Gasteiger partial charge in [-0.05, 0) is 38.1 Å². The number of rotatable bonds is 4. The number of ether oxygens (including phenoxy) is 1. The molecule has 0 saturated heterocycles. The summed E-state index contributed by atoms with van der Waals surface area (Å²) in [6, 6.07) is 6.76. The molecule has 0 radical (unpaired) electrons. The van der Waals surface area contributed by atoms with Crippen molar-refractivity contribution in [2.24, 2.45) is 0 Å². The molecule has 1 aromatic carbocycles. The van der Waals surface area contributed by atoms with Crippen LogP contribution in [0.25, 0.3) is 0 Å². The lowest BCUT2D eigenvalue weighted by molar-refractivity contribution is 0.0571. The molecule has 0 aliphatic rings. The third-order valence-electron chi connectivity index (χ3n) is 2.37. The molecule has 3 nitrogen and oxygen atoms in total. The standard InChI is InChI=1S/C12H17NO2Si/c1-3-9(2)16-8-15-12(14)10-4-6-11(13)7-5-10/h3-7H,8,13,16H2,1-2H3. The summed E-state index contributed by atoms with van der Waals surface area (Å²) >= 11 is 0. The minimum atomic E-state index is -0.426. The fourth-order valence-electron chi connectivity index (χ4n) is 1.15. The lowest BCUT2D eigenvalue weighted by Crippen LogP contribution is -2.12. The number of nitrogens with two attached hydrogens (primary N) is 1. The highest BCUT2D eigenvalue weighted by Crippen LogP contribution is 2.06. The molecule has 0 aromatic heterocycles. The first-order valence-corrected chi connectivity index (χ1v) is 6.98. The molecule has 86 valence electrons. The topological polar surface area (TPSA) is 52.3 Å². The van der Waals surface area contributed by atoms with Gasteiger partial charge >= 0.3 is 5.97 Å². The average molecular weight is 235 g/mol. The van der Waals surface area contributed by atoms with E-state index in [-0.39, 0.29) is 5.97 Å². The summed E-state index contributed by atoms with van der Waals surface area (Å²) in [7, 11) is -0.426. The Labute approximate surface area is 98.1 Å². The molecule has 2 N–H and O–H groups in total. The van der Waals surface area contributed by atoms with Crippen molar-refractivity contribution in [2.45, 2.75) is 13.8 Å². The van der Waals surface area contributed by atoms with E-state index in [1.165, 1.54) is 5.20 Å². The Morgan fingerprint density at radius 1 is 1.44 bits per heavy atom. The molecule has 0 spiro atoms. The third-order valence-corrected chi connectivity index (χ3v) is 3.97. The van der Waals surface area contributed by atoms with Crippen LogP contribution in [-0.2, 0) is 4.74 Å². The predicted molar refractivity (Wildman–Crippen MR) is 69.1 cm³/mol. The van der Waals surface area contributed by atoms with Crippen LogP contribution in [0.3, 0.4) is 0 Å². The van der Waals surface area contributed by atoms with Gasteiger partial charge in [0.05, 0.1) is 21.3 Å². The first-order valence-electron chi connectivity index (χ1n) is 5.28. The smallest absolute Gasteiger partial charge is 0.337 e. The number of esters is 1. The second-order valence-corrected chi connectivity index (χ2v) is 5.67. The number of nitrogen functional groups attached to an aromatic ring is 1. The number of hydrogen-bond donors (Lipinski definition) is 1. The summed E-state index contributed by atoms with van der Waals surface area (Å²) in [6.45, 7) is 4.08. The van der Waals surface area contributed by atoms with Crippen LogP contribution >= 0.6 is 0 Å². The number of benzene rings is 1. The number of carbonyl (C=O) groups excluding carboxylic acids is 1. The maximum Gasteiger partial charge on any atom is 0.337 e. The van der Waals surface area contributed by atoms with Crippen molar-refractivity contribution in [3.8, 4) is 0 Å². The zero-order valence-electron chi connectivity index (χ0n) is 9.69. The SMILES string of the molecule is CC=C(C)[SiH2]COC(=O)c1ccc(N)cc1. The van der Waals surface area contributed by atoms with E-state index in [0.717, 1.165) is 0 Å². The van der Waals surface area contributed by atoms with E-state index in [2.05, 4.69) is 13.0 Å². The van der Waals surface area contributed by atoms with E-state index in [9.17, 15) is 4.79 Å². The molecule has 0 amide bonds. The zero-order valence-corrected chi connectivity index (χ0v) is 11.1. The van der Waals surface area contributed by atoms with Crippen LogP contribution < -0.4 is 5.73 Å². The summed E-state index contributed by atoms with van der Waals surface area (Å²) in [4.78, 5) is 11.6. The van der Waals surface area contributed by atoms with Crippen molar-refractivity contribution in [2.75, 3.05) is 12.0 Å². The molecule has 1 aromatic rings. The molecule has 0 aliphatic carbocycles. The monoisotopic (exact) mass is 235 g/mol. The van der Waals surface area contributed by atoms with Gasteiger partial charge in [0, 0.05) is 5.69 Å². The quantitative estimate of drug-likeness (QED) is 0.488. The summed E-state index contributed by atoms with van der Waals surface area (Å²) in [5, 5.41) is 1.35. The molecule has 0 aliphatic heterocycles. The van der Waals surface area contributed by atoms with Crippen molar-refractivity contribution < 1.29 is 9.53 Å². The summed E-state index contributed by atoms with van der Waals surface area (Å²) in [5.41, 5.74) is 6.74. The van der Waals surface area contributed by atoms with Crippen LogP contribution in [0.4, 0.5) is 5.69 Å². The fraction of sp³-hybridized carbons (Fsp3) is 0.250. The van der Waals surface area contributed by atoms with E-state index in [4.69, 9.17) is 10.5 Å². The molecule has 0 saturated carbocycles. The summed E-state index contributed by atoms with van der Waals surface area (Å²) < 4.78 is 5.18. The predicted octanol–water partition coefficient (Wildman–Crippen LogP) is 1.48. The second-order valence-electron chi connectivity index (χ2n) is 3.64. The van der Waals surface area contributed by atoms with Crippen LogP contribution in [0.5, 0.6) is 0 Å². The number of hydrogen-bond acceptors (Lipinski definition) is 3. The molecule has 0 heterocycles. The Bertz CT molecular complexity index is 385. The fourth-order valence-corrected chi connectivity index (χ4v) is 2.05. The van der Waals surface area contributed by atoms with Gasteiger partial charge in [-0.3, -0.25) is 0 Å². The third kappa shape index (κ3) is 3.90. The molecule has 16 heavy (non-hydrogen) atoms. The van der Waals surface area contributed by atoms with Crippen LogP contribution in [0.15, 0.2) is 35.5 Å². The van der Waals surface area contributed by atoms with Gasteiger partial charge in [-0.15, -0.1) is 0 Å². The molecule has 4 heteroatoms. The van der Waals surface area contributed by atoms with Crippen molar-refractivity contribution in [3.63, 3.8) is 0 Å². The summed E-state index contributed by atoms with van der Waals surface area (Å²) in [6.07, 6.45) is 2.63. The average Bonchev–Trinajstić information content (AvgIpc) is 2.29. The van der Waals surface area contributed by atoms with Gasteiger partial charge in [0.15, 0.2) is 0 Å². The van der Waals surface area contributed by atoms with Crippen molar-refractivity contribution in [1.82, 2.24) is 0 Å². The van der Waals surface area contributed by atoms with Crippen LogP contribution in [0.2, 0.25) is 0 Å². The summed E-state index contributed by atoms with van der Waals surface area (Å²) in [5.74, 6) is -0.267. The van der Waals surface area contributed by atoms with Gasteiger partial charge in [-0.2, -0.15) is 0 Å². The Kier molecular flexibility index (Phi) is 4.79. The second kappa shape index (κ2) is 6.12. The molecule has 0 unspecified atom stereocenters. The minimum Gasteiger partial charge on any atom is -0.466 e. The van der Waals surface area contributed by atoms with Gasteiger partial charge in [-0.1, -0.05) is 11.3 Å². The number of anilines is 1. The highest BCUT2D eigenvalue weighted by atomic mass is 28.2. The van der Waals surface area contributed by atoms with E-state index in [1.807, 2.05) is 6.92 Å². The first kappa shape index (κ1) is 12.5. The minimum absolute atomic E-state index is 0.267. The molecular weight excluding hydrogens is 218 g/mol. The zero-order chi connectivity index (χ0) is 12.0. The Morgan fingerprint density at radius 3 is 2.62 bits per heavy atom. The molecule has 0 fully saturated rings. The van der Waals surface area contributed by atoms with Gasteiger partial charge in [0.25, 0.3) is 0 Å². The van der Waals surface area contributed by atoms with E-state index < -0.39 is 9.52 Å². The maximum atomic E-state index is 11.6. The van der Waals surface area contributed by atoms with Crippen molar-refractivity contribution >= 4 is 21.2 Å². The molecule has 0 atom stereocenters. The van der Waals surface area contributed by atoms with E-state index >= 15 is 0 Å². The highest BCUT2D eigenvalue weighted by Gasteiger charge is 2.06. The van der Waals surface area contributed by atoms with Gasteiger partial charge < -0.3 is 10.5 Å². The first-order chi connectivity index (χ1) is 7.63. The van der Waals surface area contributed by atoms with E-state index in [1.54, 1.807) is 24.3 Å². The van der Waals surface area contributed by atoms with Gasteiger partial charge in [0.2, 0.25) is 0 Å². The number of allylic oxidation sites excluding steroid dienone is 2.